The van der Waals surface area contributed by atoms with Crippen LogP contribution in [-0.2, 0) is 57.5 Å². The highest BCUT2D eigenvalue weighted by molar-refractivity contribution is 6.20. The van der Waals surface area contributed by atoms with Crippen molar-refractivity contribution in [2.75, 3.05) is 7.11 Å². The lowest BCUT2D eigenvalue weighted by Gasteiger charge is -2.26. The third kappa shape index (κ3) is 36.4. The SMILES string of the molecule is C.C.CC(C)C[C@@H](ON)C(=O)OC(C)(C)C.CC(C)C[C@@H](ON1C(=O)c2ccccc2C1=O)C(=O)OC(C)(C)C.CC(C)C[C@@H](ONC(=O)c1cccc(C(=O)NO[C@H](CC(C)C)C(=O)OC(C)(C)C)c1)C(=O)OC(C)(C)C.CO.NN.O. The summed E-state index contributed by atoms with van der Waals surface area (Å²) in [6.07, 6.45) is -2.09. The summed E-state index contributed by atoms with van der Waals surface area (Å²) in [4.78, 5) is 120. The summed E-state index contributed by atoms with van der Waals surface area (Å²) in [5.41, 5.74) is 2.76. The monoisotopic (exact) mass is 1190 g/mol. The molecular formula is C59H106N6O18. The number of rotatable bonds is 21. The number of ether oxygens (including phenoxy) is 4. The Bertz CT molecular complexity index is 2150. The van der Waals surface area contributed by atoms with E-state index in [0.717, 1.165) is 7.11 Å². The van der Waals surface area contributed by atoms with E-state index in [0.29, 0.717) is 36.7 Å². The number of hydrazine groups is 1. The van der Waals surface area contributed by atoms with Crippen LogP contribution in [0.4, 0.5) is 0 Å². The maximum absolute atomic E-state index is 12.7. The number of amides is 4. The van der Waals surface area contributed by atoms with Crippen LogP contribution in [0.1, 0.15) is 220 Å². The standard InChI is InChI=1S/C28H44N2O8.C18H23NO5.C10H21NO3.CH4O.2CH4.H4N2.H2O/c1-17(2)14-21(25(33)35-27(5,6)7)37-29-23(31)19-12-11-13-20(16-19)24(32)30-38-22(15-18(3)4)26(34)36-28(8,9)10;1-11(2)10-14(17(22)23-18(3,4)5)24-19-15(20)12-8-6-7-9-13(12)16(19)21;1-7(2)6-8(14-11)9(12)13-10(3,4)5;1-2;;;1-2;/h11-13,16-18,21-22H,14-15H2,1-10H3,(H,29,31)(H,30,32);6-9,11,14H,10H2,1-5H3;7-8H,6,11H2,1-5H3;2H,1H3;2*1H4;1-2H2;1H2/t21-,22-;14-;8-;;;;;/m111...../s1. The number of fused-ring (bicyclic) bond motifs is 1. The Morgan fingerprint density at radius 1 is 0.482 bits per heavy atom. The lowest BCUT2D eigenvalue weighted by Crippen LogP contribution is -2.41. The van der Waals surface area contributed by atoms with E-state index < -0.39 is 94.3 Å². The maximum Gasteiger partial charge on any atom is 0.338 e. The molecule has 0 unspecified atom stereocenters. The zero-order chi connectivity index (χ0) is 62.7. The Labute approximate surface area is 494 Å². The molecule has 0 aromatic heterocycles. The highest BCUT2D eigenvalue weighted by Gasteiger charge is 2.41. The van der Waals surface area contributed by atoms with Gasteiger partial charge in [-0.15, -0.1) is 5.06 Å². The van der Waals surface area contributed by atoms with Crippen LogP contribution in [0.25, 0.3) is 0 Å². The van der Waals surface area contributed by atoms with E-state index in [4.69, 9.17) is 44.5 Å². The lowest BCUT2D eigenvalue weighted by atomic mass is 10.1. The predicted molar refractivity (Wildman–Crippen MR) is 317 cm³/mol. The number of hydrogen-bond acceptors (Lipinski definition) is 20. The van der Waals surface area contributed by atoms with E-state index in [9.17, 15) is 38.4 Å². The number of nitrogens with zero attached hydrogens (tertiary/aromatic N) is 1. The van der Waals surface area contributed by atoms with Gasteiger partial charge in [0.2, 0.25) is 0 Å². The van der Waals surface area contributed by atoms with Gasteiger partial charge < -0.3 is 29.5 Å². The van der Waals surface area contributed by atoms with Crippen molar-refractivity contribution in [3.05, 3.63) is 70.8 Å². The van der Waals surface area contributed by atoms with E-state index in [1.54, 1.807) is 86.6 Å². The van der Waals surface area contributed by atoms with Crippen LogP contribution in [0.3, 0.4) is 0 Å². The van der Waals surface area contributed by atoms with Crippen LogP contribution in [0.5, 0.6) is 0 Å². The number of hydroxylamine groups is 4. The van der Waals surface area contributed by atoms with Gasteiger partial charge in [0.15, 0.2) is 24.4 Å². The van der Waals surface area contributed by atoms with E-state index in [-0.39, 0.29) is 60.3 Å². The van der Waals surface area contributed by atoms with Crippen molar-refractivity contribution in [1.82, 2.24) is 16.0 Å². The molecule has 1 aliphatic rings. The highest BCUT2D eigenvalue weighted by atomic mass is 16.7. The number of nitrogens with two attached hydrogens (primary N) is 3. The van der Waals surface area contributed by atoms with Gasteiger partial charge in [0, 0.05) is 18.2 Å². The minimum absolute atomic E-state index is 0. The molecule has 0 radical (unpaired) electrons. The molecule has 0 aliphatic carbocycles. The third-order valence-electron chi connectivity index (χ3n) is 9.55. The minimum Gasteiger partial charge on any atom is -0.458 e. The zero-order valence-electron chi connectivity index (χ0n) is 51.7. The molecule has 0 bridgehead atoms. The van der Waals surface area contributed by atoms with E-state index >= 15 is 0 Å². The van der Waals surface area contributed by atoms with Crippen molar-refractivity contribution in [1.29, 1.82) is 0 Å². The molecule has 2 aromatic carbocycles. The maximum atomic E-state index is 12.7. The molecule has 2 aromatic rings. The molecule has 0 spiro atoms. The second kappa shape index (κ2) is 40.3. The fraction of sp³-hybridized carbons (Fsp3) is 0.661. The molecule has 1 heterocycles. The summed E-state index contributed by atoms with van der Waals surface area (Å²) in [5.74, 6) is 9.15. The van der Waals surface area contributed by atoms with Crippen molar-refractivity contribution < 1.29 is 87.2 Å². The Balaban J connectivity index is -0.000000385. The number of aliphatic hydroxyl groups is 1. The Morgan fingerprint density at radius 2 is 0.747 bits per heavy atom. The summed E-state index contributed by atoms with van der Waals surface area (Å²) < 4.78 is 21.3. The van der Waals surface area contributed by atoms with Gasteiger partial charge >= 0.3 is 23.9 Å². The van der Waals surface area contributed by atoms with E-state index in [1.165, 1.54) is 24.3 Å². The Hall–Kier alpha value is -5.96. The number of aliphatic hydroxyl groups excluding tert-OH is 1. The number of hydrogen-bond donors (Lipinski definition) is 6. The largest absolute Gasteiger partial charge is 0.458 e. The van der Waals surface area contributed by atoms with Gasteiger partial charge in [-0.2, -0.15) is 0 Å². The summed E-state index contributed by atoms with van der Waals surface area (Å²) >= 11 is 0. The second-order valence-electron chi connectivity index (χ2n) is 24.0. The molecule has 24 heteroatoms. The van der Waals surface area contributed by atoms with Gasteiger partial charge in [-0.1, -0.05) is 88.4 Å². The number of imide groups is 1. The quantitative estimate of drug-likeness (QED) is 0.0226. The molecule has 0 saturated heterocycles. The highest BCUT2D eigenvalue weighted by Crippen LogP contribution is 2.26. The first-order valence-corrected chi connectivity index (χ1v) is 26.5. The summed E-state index contributed by atoms with van der Waals surface area (Å²) in [6, 6.07) is 12.3. The Kier molecular flexibility index (Phi) is 41.7. The third-order valence-corrected chi connectivity index (χ3v) is 9.55. The van der Waals surface area contributed by atoms with Crippen LogP contribution in [-0.4, -0.2) is 117 Å². The smallest absolute Gasteiger partial charge is 0.338 e. The average molecular weight is 1190 g/mol. The number of nitrogens with one attached hydrogen (secondary N) is 2. The fourth-order valence-corrected chi connectivity index (χ4v) is 6.52. The summed E-state index contributed by atoms with van der Waals surface area (Å²) in [5, 5.41) is 7.67. The zero-order valence-corrected chi connectivity index (χ0v) is 51.7. The molecule has 4 amide bonds. The normalized spacial score (nSPS) is 13.3. The fourth-order valence-electron chi connectivity index (χ4n) is 6.52. The number of carbonyl (C=O) groups is 8. The van der Waals surface area contributed by atoms with Crippen LogP contribution in [0, 0.1) is 23.7 Å². The summed E-state index contributed by atoms with van der Waals surface area (Å²) in [7, 11) is 1.00. The first-order valence-electron chi connectivity index (χ1n) is 26.5. The first-order chi connectivity index (χ1) is 36.7. The molecule has 4 atom stereocenters. The van der Waals surface area contributed by atoms with Crippen LogP contribution >= 0.6 is 0 Å². The molecule has 0 fully saturated rings. The van der Waals surface area contributed by atoms with Gasteiger partial charge in [-0.25, -0.2) is 40.9 Å². The van der Waals surface area contributed by atoms with Gasteiger partial charge in [-0.3, -0.25) is 45.4 Å². The first kappa shape index (κ1) is 85.8. The van der Waals surface area contributed by atoms with Gasteiger partial charge in [0.25, 0.3) is 23.6 Å². The van der Waals surface area contributed by atoms with E-state index in [1.807, 2.05) is 76.2 Å². The van der Waals surface area contributed by atoms with Crippen LogP contribution in [0.2, 0.25) is 0 Å². The number of esters is 4. The molecule has 11 N–H and O–H groups in total. The average Bonchev–Trinajstić information content (AvgIpc) is 3.56. The number of carbonyl (C=O) groups excluding carboxylic acids is 8. The summed E-state index contributed by atoms with van der Waals surface area (Å²) in [6.45, 7) is 36.7. The van der Waals surface area contributed by atoms with Crippen LogP contribution < -0.4 is 28.5 Å². The molecule has 83 heavy (non-hydrogen) atoms. The molecular weight excluding hydrogens is 1080 g/mol. The molecule has 3 rings (SSSR count). The van der Waals surface area contributed by atoms with Crippen molar-refractivity contribution in [2.24, 2.45) is 41.3 Å². The Morgan fingerprint density at radius 3 is 1.02 bits per heavy atom. The minimum atomic E-state index is -1.02. The van der Waals surface area contributed by atoms with Crippen molar-refractivity contribution in [3.8, 4) is 0 Å². The lowest BCUT2D eigenvalue weighted by molar-refractivity contribution is -0.191. The van der Waals surface area contributed by atoms with Gasteiger partial charge in [0.05, 0.1) is 11.1 Å². The molecule has 24 nitrogen and oxygen atoms in total. The van der Waals surface area contributed by atoms with E-state index in [2.05, 4.69) is 27.5 Å². The van der Waals surface area contributed by atoms with Gasteiger partial charge in [-0.05, 0) is 163 Å². The van der Waals surface area contributed by atoms with Crippen molar-refractivity contribution in [2.45, 2.75) is 226 Å². The predicted octanol–water partition coefficient (Wildman–Crippen LogP) is 8.00. The van der Waals surface area contributed by atoms with Gasteiger partial charge in [0.1, 0.15) is 22.4 Å². The molecule has 480 valence electrons. The number of benzene rings is 2. The van der Waals surface area contributed by atoms with Crippen LogP contribution in [0.15, 0.2) is 48.5 Å². The molecule has 0 saturated carbocycles. The second-order valence-corrected chi connectivity index (χ2v) is 24.0. The van der Waals surface area contributed by atoms with Crippen molar-refractivity contribution in [3.63, 3.8) is 0 Å². The topological polar surface area (TPSA) is 367 Å². The molecule has 1 aliphatic heterocycles. The van der Waals surface area contributed by atoms with Crippen molar-refractivity contribution >= 4 is 47.5 Å².